The van der Waals surface area contributed by atoms with Crippen LogP contribution in [-0.2, 0) is 10.2 Å². The van der Waals surface area contributed by atoms with Gasteiger partial charge >= 0.3 is 0 Å². The molecule has 0 saturated heterocycles. The summed E-state index contributed by atoms with van der Waals surface area (Å²) in [5, 5.41) is 17.1. The Morgan fingerprint density at radius 2 is 2.00 bits per heavy atom. The van der Waals surface area contributed by atoms with Gasteiger partial charge in [0.2, 0.25) is 0 Å². The first-order valence-electron chi connectivity index (χ1n) is 9.55. The van der Waals surface area contributed by atoms with Gasteiger partial charge in [-0.3, -0.25) is 0 Å². The van der Waals surface area contributed by atoms with Crippen LogP contribution in [0.5, 0.6) is 0 Å². The number of rotatable bonds is 4. The van der Waals surface area contributed by atoms with E-state index in [-0.39, 0.29) is 5.41 Å². The summed E-state index contributed by atoms with van der Waals surface area (Å²) in [5.74, 6) is 1.80. The van der Waals surface area contributed by atoms with Crippen molar-refractivity contribution in [1.82, 2.24) is 19.8 Å². The van der Waals surface area contributed by atoms with E-state index in [4.69, 9.17) is 9.84 Å². The number of nitrogens with zero attached hydrogens (tertiary/aromatic N) is 4. The lowest BCUT2D eigenvalue weighted by Gasteiger charge is -2.54. The molecule has 2 aliphatic carbocycles. The molecular formula is C19H29N5O. The van der Waals surface area contributed by atoms with Crippen molar-refractivity contribution < 1.29 is 4.74 Å². The summed E-state index contributed by atoms with van der Waals surface area (Å²) in [7, 11) is 0. The highest BCUT2D eigenvalue weighted by molar-refractivity contribution is 5.46. The molecule has 0 aromatic carbocycles. The second kappa shape index (κ2) is 5.94. The molecule has 0 radical (unpaired) electrons. The number of hydrogen-bond donors (Lipinski definition) is 1. The van der Waals surface area contributed by atoms with Crippen molar-refractivity contribution in [3.63, 3.8) is 0 Å². The van der Waals surface area contributed by atoms with Crippen molar-refractivity contribution in [3.05, 3.63) is 18.0 Å². The minimum atomic E-state index is -0.0890. The molecule has 0 bridgehead atoms. The normalized spacial score (nSPS) is 25.4. The van der Waals surface area contributed by atoms with Gasteiger partial charge in [-0.2, -0.15) is 4.52 Å². The molecule has 2 unspecified atom stereocenters. The van der Waals surface area contributed by atoms with Crippen LogP contribution in [0.1, 0.15) is 65.6 Å². The van der Waals surface area contributed by atoms with Crippen molar-refractivity contribution in [1.29, 1.82) is 0 Å². The Morgan fingerprint density at radius 3 is 2.68 bits per heavy atom. The molecule has 2 heterocycles. The summed E-state index contributed by atoms with van der Waals surface area (Å²) in [6.07, 6.45) is 6.62. The fourth-order valence-corrected chi connectivity index (χ4v) is 4.60. The Balaban J connectivity index is 1.59. The van der Waals surface area contributed by atoms with Crippen molar-refractivity contribution in [2.24, 2.45) is 5.41 Å². The summed E-state index contributed by atoms with van der Waals surface area (Å²) in [6, 6.07) is 4.47. The lowest BCUT2D eigenvalue weighted by atomic mass is 9.60. The highest BCUT2D eigenvalue weighted by atomic mass is 16.5. The van der Waals surface area contributed by atoms with Gasteiger partial charge in [0.25, 0.3) is 0 Å². The van der Waals surface area contributed by atoms with Crippen LogP contribution < -0.4 is 5.32 Å². The first kappa shape index (κ1) is 16.8. The van der Waals surface area contributed by atoms with Gasteiger partial charge in [-0.25, -0.2) is 0 Å². The van der Waals surface area contributed by atoms with E-state index in [1.54, 1.807) is 0 Å². The third-order valence-corrected chi connectivity index (χ3v) is 5.94. The summed E-state index contributed by atoms with van der Waals surface area (Å²) in [4.78, 5) is 0. The maximum Gasteiger partial charge on any atom is 0.178 e. The van der Waals surface area contributed by atoms with Gasteiger partial charge in [0, 0.05) is 23.5 Å². The van der Waals surface area contributed by atoms with E-state index in [0.29, 0.717) is 17.6 Å². The number of aromatic nitrogens is 4. The van der Waals surface area contributed by atoms with Gasteiger partial charge in [0.15, 0.2) is 11.5 Å². The van der Waals surface area contributed by atoms with E-state index < -0.39 is 0 Å². The third kappa shape index (κ3) is 2.71. The zero-order chi connectivity index (χ0) is 17.7. The average Bonchev–Trinajstić information content (AvgIpc) is 3.21. The highest BCUT2D eigenvalue weighted by Crippen LogP contribution is 2.55. The molecule has 6 nitrogen and oxygen atoms in total. The van der Waals surface area contributed by atoms with Gasteiger partial charge < -0.3 is 10.1 Å². The minimum Gasteiger partial charge on any atom is -0.378 e. The molecule has 2 saturated carbocycles. The van der Waals surface area contributed by atoms with Gasteiger partial charge in [-0.1, -0.05) is 33.6 Å². The summed E-state index contributed by atoms with van der Waals surface area (Å²) in [5.41, 5.74) is 1.01. The minimum absolute atomic E-state index is 0.0890. The summed E-state index contributed by atoms with van der Waals surface area (Å²) >= 11 is 0. The fourth-order valence-electron chi connectivity index (χ4n) is 4.60. The SMILES string of the molecule is CCOC1CC(Nc2ccc3nnc(C(C)(C)C)n3n2)C12CCCC2. The maximum absolute atomic E-state index is 6.02. The molecule has 2 aliphatic rings. The second-order valence-corrected chi connectivity index (χ2v) is 8.58. The van der Waals surface area contributed by atoms with Crippen molar-refractivity contribution >= 4 is 11.5 Å². The standard InChI is InChI=1S/C19H29N5O/c1-5-25-14-12-13(19(14)10-6-7-11-19)20-15-8-9-16-21-22-17(18(2,3)4)24(16)23-15/h8-9,13-14H,5-7,10-12H2,1-4H3,(H,20,23). The van der Waals surface area contributed by atoms with E-state index in [0.717, 1.165) is 30.3 Å². The number of fused-ring (bicyclic) bond motifs is 1. The highest BCUT2D eigenvalue weighted by Gasteiger charge is 2.56. The van der Waals surface area contributed by atoms with Crippen molar-refractivity contribution in [2.45, 2.75) is 77.4 Å². The number of ether oxygens (including phenoxy) is 1. The van der Waals surface area contributed by atoms with Crippen LogP contribution in [0, 0.1) is 5.41 Å². The average molecular weight is 343 g/mol. The lowest BCUT2D eigenvalue weighted by Crippen LogP contribution is -2.60. The van der Waals surface area contributed by atoms with Gasteiger partial charge in [-0.15, -0.1) is 15.3 Å². The maximum atomic E-state index is 6.02. The summed E-state index contributed by atoms with van der Waals surface area (Å²) < 4.78 is 7.90. The molecule has 4 rings (SSSR count). The molecule has 2 atom stereocenters. The van der Waals surface area contributed by atoms with E-state index in [1.807, 2.05) is 16.6 Å². The molecule has 0 amide bonds. The Bertz CT molecular complexity index is 757. The van der Waals surface area contributed by atoms with E-state index in [1.165, 1.54) is 25.7 Å². The van der Waals surface area contributed by atoms with E-state index in [9.17, 15) is 0 Å². The van der Waals surface area contributed by atoms with E-state index >= 15 is 0 Å². The molecule has 25 heavy (non-hydrogen) atoms. The Labute approximate surface area is 149 Å². The second-order valence-electron chi connectivity index (χ2n) is 8.58. The predicted molar refractivity (Wildman–Crippen MR) is 97.8 cm³/mol. The van der Waals surface area contributed by atoms with Crippen LogP contribution in [0.2, 0.25) is 0 Å². The van der Waals surface area contributed by atoms with Crippen LogP contribution in [-0.4, -0.2) is 38.6 Å². The molecule has 2 aromatic heterocycles. The molecule has 136 valence electrons. The van der Waals surface area contributed by atoms with Crippen LogP contribution in [0.15, 0.2) is 12.1 Å². The summed E-state index contributed by atoms with van der Waals surface area (Å²) in [6.45, 7) is 9.31. The van der Waals surface area contributed by atoms with Gasteiger partial charge in [0.05, 0.1) is 6.10 Å². The molecule has 0 aliphatic heterocycles. The molecule has 2 aromatic rings. The zero-order valence-corrected chi connectivity index (χ0v) is 15.7. The smallest absolute Gasteiger partial charge is 0.178 e. The molecule has 1 spiro atoms. The quantitative estimate of drug-likeness (QED) is 0.919. The molecule has 2 fully saturated rings. The number of hydrogen-bond acceptors (Lipinski definition) is 5. The third-order valence-electron chi connectivity index (χ3n) is 5.94. The Hall–Kier alpha value is -1.69. The van der Waals surface area contributed by atoms with E-state index in [2.05, 4.69) is 43.2 Å². The number of anilines is 1. The number of nitrogens with one attached hydrogen (secondary N) is 1. The molecular weight excluding hydrogens is 314 g/mol. The zero-order valence-electron chi connectivity index (χ0n) is 15.7. The van der Waals surface area contributed by atoms with Crippen LogP contribution in [0.3, 0.4) is 0 Å². The molecule has 1 N–H and O–H groups in total. The van der Waals surface area contributed by atoms with Crippen molar-refractivity contribution in [2.75, 3.05) is 11.9 Å². The molecule has 6 heteroatoms. The van der Waals surface area contributed by atoms with Crippen molar-refractivity contribution in [3.8, 4) is 0 Å². The predicted octanol–water partition coefficient (Wildman–Crippen LogP) is 3.57. The Morgan fingerprint density at radius 1 is 1.24 bits per heavy atom. The Kier molecular flexibility index (Phi) is 3.98. The topological polar surface area (TPSA) is 64.3 Å². The monoisotopic (exact) mass is 343 g/mol. The fraction of sp³-hybridized carbons (Fsp3) is 0.737. The van der Waals surface area contributed by atoms with Gasteiger partial charge in [0.1, 0.15) is 5.82 Å². The first-order valence-corrected chi connectivity index (χ1v) is 9.55. The first-order chi connectivity index (χ1) is 11.9. The largest absolute Gasteiger partial charge is 0.378 e. The van der Waals surface area contributed by atoms with Crippen LogP contribution in [0.25, 0.3) is 5.65 Å². The van der Waals surface area contributed by atoms with Crippen LogP contribution in [0.4, 0.5) is 5.82 Å². The van der Waals surface area contributed by atoms with Crippen LogP contribution >= 0.6 is 0 Å². The lowest BCUT2D eigenvalue weighted by molar-refractivity contribution is -0.114. The van der Waals surface area contributed by atoms with Gasteiger partial charge in [-0.05, 0) is 38.3 Å².